The van der Waals surface area contributed by atoms with Gasteiger partial charge in [-0.15, -0.1) is 0 Å². The van der Waals surface area contributed by atoms with Crippen LogP contribution in [0.4, 0.5) is 5.69 Å². The molecular weight excluding hydrogens is 433 g/mol. The van der Waals surface area contributed by atoms with Crippen LogP contribution < -0.4 is 15.1 Å². The summed E-state index contributed by atoms with van der Waals surface area (Å²) in [5, 5.41) is 4.90. The Kier molecular flexibility index (Phi) is 6.97. The van der Waals surface area contributed by atoms with Crippen molar-refractivity contribution in [3.05, 3.63) is 63.6 Å². The van der Waals surface area contributed by atoms with E-state index in [1.807, 2.05) is 6.07 Å². The smallest absolute Gasteiger partial charge is 0.277 e. The van der Waals surface area contributed by atoms with Crippen LogP contribution in [0.1, 0.15) is 45.7 Å². The fourth-order valence-electron chi connectivity index (χ4n) is 4.04. The van der Waals surface area contributed by atoms with Crippen molar-refractivity contribution < 1.29 is 9.53 Å². The van der Waals surface area contributed by atoms with E-state index in [9.17, 15) is 4.79 Å². The lowest BCUT2D eigenvalue weighted by Gasteiger charge is -2.46. The summed E-state index contributed by atoms with van der Waals surface area (Å²) in [4.78, 5) is 14.4. The maximum absolute atomic E-state index is 12.0. The van der Waals surface area contributed by atoms with Crippen molar-refractivity contribution in [1.82, 2.24) is 5.43 Å². The topological polar surface area (TPSA) is 53.9 Å². The van der Waals surface area contributed by atoms with Crippen molar-refractivity contribution >= 4 is 46.6 Å². The third-order valence-corrected chi connectivity index (χ3v) is 5.60. The van der Waals surface area contributed by atoms with Crippen LogP contribution in [-0.4, -0.2) is 30.3 Å². The van der Waals surface area contributed by atoms with Crippen LogP contribution in [0, 0.1) is 0 Å². The average Bonchev–Trinajstić information content (AvgIpc) is 2.66. The Morgan fingerprint density at radius 2 is 1.97 bits per heavy atom. The van der Waals surface area contributed by atoms with Gasteiger partial charge in [-0.3, -0.25) is 4.79 Å². The number of hydrogen-bond acceptors (Lipinski definition) is 4. The minimum absolute atomic E-state index is 0.0538. The standard InChI is InChI=1S/C24H27Cl2N3O2/c1-15(2)29-21-8-6-17(10-19(21)16(3)12-24(29,4)5)13-27-28-23(30)14-31-22-9-7-18(25)11-20(22)26/h6-13,15H,14H2,1-5H3,(H,28,30)/b27-13-. The first-order valence-electron chi connectivity index (χ1n) is 10.1. The van der Waals surface area contributed by atoms with Crippen molar-refractivity contribution in [3.8, 4) is 5.75 Å². The molecule has 0 saturated carbocycles. The number of fused-ring (bicyclic) bond motifs is 1. The number of amides is 1. The highest BCUT2D eigenvalue weighted by molar-refractivity contribution is 6.35. The molecule has 5 nitrogen and oxygen atoms in total. The van der Waals surface area contributed by atoms with Gasteiger partial charge in [-0.25, -0.2) is 5.43 Å². The first-order chi connectivity index (χ1) is 14.6. The van der Waals surface area contributed by atoms with E-state index in [2.05, 4.69) is 68.3 Å². The first kappa shape index (κ1) is 23.2. The van der Waals surface area contributed by atoms with E-state index >= 15 is 0 Å². The first-order valence-corrected chi connectivity index (χ1v) is 10.9. The molecule has 31 heavy (non-hydrogen) atoms. The number of carbonyl (C=O) groups is 1. The van der Waals surface area contributed by atoms with Crippen LogP contribution in [0.3, 0.4) is 0 Å². The van der Waals surface area contributed by atoms with Crippen LogP contribution in [0.2, 0.25) is 10.0 Å². The summed E-state index contributed by atoms with van der Waals surface area (Å²) >= 11 is 11.9. The molecule has 1 aliphatic rings. The Labute approximate surface area is 193 Å². The zero-order chi connectivity index (χ0) is 22.8. The molecule has 1 heterocycles. The van der Waals surface area contributed by atoms with E-state index < -0.39 is 0 Å². The van der Waals surface area contributed by atoms with Gasteiger partial charge in [-0.05, 0) is 76.1 Å². The minimum Gasteiger partial charge on any atom is -0.482 e. The molecule has 0 fully saturated rings. The Bertz CT molecular complexity index is 1050. The SMILES string of the molecule is CC1=CC(C)(C)N(C(C)C)c2ccc(/C=N\NC(=O)COc3ccc(Cl)cc3Cl)cc21. The molecule has 1 aliphatic heterocycles. The number of benzene rings is 2. The average molecular weight is 460 g/mol. The molecule has 0 aliphatic carbocycles. The van der Waals surface area contributed by atoms with Gasteiger partial charge in [0.25, 0.3) is 5.91 Å². The number of nitrogens with zero attached hydrogens (tertiary/aromatic N) is 2. The fraction of sp³-hybridized carbons (Fsp3) is 0.333. The number of rotatable bonds is 6. The molecule has 0 aromatic heterocycles. The number of ether oxygens (including phenoxy) is 1. The second-order valence-corrected chi connectivity index (χ2v) is 9.22. The molecule has 3 rings (SSSR count). The van der Waals surface area contributed by atoms with E-state index in [0.29, 0.717) is 21.8 Å². The summed E-state index contributed by atoms with van der Waals surface area (Å²) < 4.78 is 5.41. The molecule has 0 saturated heterocycles. The molecule has 1 N–H and O–H groups in total. The Balaban J connectivity index is 1.65. The molecule has 0 unspecified atom stereocenters. The number of carbonyl (C=O) groups excluding carboxylic acids is 1. The van der Waals surface area contributed by atoms with Gasteiger partial charge in [-0.2, -0.15) is 5.10 Å². The van der Waals surface area contributed by atoms with Crippen molar-refractivity contribution in [2.45, 2.75) is 46.2 Å². The van der Waals surface area contributed by atoms with E-state index in [4.69, 9.17) is 27.9 Å². The van der Waals surface area contributed by atoms with Gasteiger partial charge in [0, 0.05) is 22.3 Å². The van der Waals surface area contributed by atoms with Gasteiger partial charge >= 0.3 is 0 Å². The number of anilines is 1. The highest BCUT2D eigenvalue weighted by Crippen LogP contribution is 2.40. The molecule has 1 amide bonds. The molecule has 0 radical (unpaired) electrons. The van der Waals surface area contributed by atoms with Gasteiger partial charge in [0.2, 0.25) is 0 Å². The summed E-state index contributed by atoms with van der Waals surface area (Å²) in [5.74, 6) is 0.00353. The third kappa shape index (κ3) is 5.41. The summed E-state index contributed by atoms with van der Waals surface area (Å²) in [5.41, 5.74) is 6.92. The Morgan fingerprint density at radius 3 is 2.65 bits per heavy atom. The largest absolute Gasteiger partial charge is 0.482 e. The Morgan fingerprint density at radius 1 is 1.23 bits per heavy atom. The number of allylic oxidation sites excluding steroid dienone is 1. The van der Waals surface area contributed by atoms with Gasteiger partial charge in [0.05, 0.1) is 16.8 Å². The molecule has 2 aromatic carbocycles. The summed E-state index contributed by atoms with van der Waals surface area (Å²) in [6.07, 6.45) is 3.91. The minimum atomic E-state index is -0.385. The quantitative estimate of drug-likeness (QED) is 0.429. The molecular formula is C24H27Cl2N3O2. The van der Waals surface area contributed by atoms with Crippen LogP contribution in [0.25, 0.3) is 5.57 Å². The van der Waals surface area contributed by atoms with E-state index in [-0.39, 0.29) is 18.1 Å². The zero-order valence-electron chi connectivity index (χ0n) is 18.4. The van der Waals surface area contributed by atoms with E-state index in [0.717, 1.165) is 5.56 Å². The van der Waals surface area contributed by atoms with Crippen molar-refractivity contribution in [1.29, 1.82) is 0 Å². The monoisotopic (exact) mass is 459 g/mol. The maximum atomic E-state index is 12.0. The van der Waals surface area contributed by atoms with Gasteiger partial charge in [0.15, 0.2) is 6.61 Å². The van der Waals surface area contributed by atoms with E-state index in [1.165, 1.54) is 16.8 Å². The highest BCUT2D eigenvalue weighted by Gasteiger charge is 2.32. The van der Waals surface area contributed by atoms with E-state index in [1.54, 1.807) is 24.4 Å². The van der Waals surface area contributed by atoms with Crippen molar-refractivity contribution in [2.75, 3.05) is 11.5 Å². The van der Waals surface area contributed by atoms with Crippen molar-refractivity contribution in [2.24, 2.45) is 5.10 Å². The normalized spacial score (nSPS) is 15.1. The number of hydrogen-bond donors (Lipinski definition) is 1. The molecule has 2 aromatic rings. The van der Waals surface area contributed by atoms with Crippen LogP contribution in [-0.2, 0) is 4.79 Å². The van der Waals surface area contributed by atoms with Crippen LogP contribution in [0.5, 0.6) is 5.75 Å². The molecule has 0 bridgehead atoms. The molecule has 7 heteroatoms. The van der Waals surface area contributed by atoms with Gasteiger partial charge < -0.3 is 9.64 Å². The van der Waals surface area contributed by atoms with Crippen molar-refractivity contribution in [3.63, 3.8) is 0 Å². The number of nitrogens with one attached hydrogen (secondary N) is 1. The molecule has 0 spiro atoms. The fourth-order valence-corrected chi connectivity index (χ4v) is 4.50. The zero-order valence-corrected chi connectivity index (χ0v) is 19.9. The lowest BCUT2D eigenvalue weighted by atomic mass is 9.87. The second kappa shape index (κ2) is 9.33. The summed E-state index contributed by atoms with van der Waals surface area (Å²) in [6.45, 7) is 10.8. The number of hydrazone groups is 1. The summed E-state index contributed by atoms with van der Waals surface area (Å²) in [6, 6.07) is 11.4. The number of halogens is 2. The lowest BCUT2D eigenvalue weighted by Crippen LogP contribution is -2.49. The Hall–Kier alpha value is -2.50. The summed E-state index contributed by atoms with van der Waals surface area (Å²) in [7, 11) is 0. The maximum Gasteiger partial charge on any atom is 0.277 e. The predicted molar refractivity (Wildman–Crippen MR) is 129 cm³/mol. The van der Waals surface area contributed by atoms with Crippen LogP contribution >= 0.6 is 23.2 Å². The predicted octanol–water partition coefficient (Wildman–Crippen LogP) is 5.93. The molecule has 164 valence electrons. The van der Waals surface area contributed by atoms with Crippen LogP contribution in [0.15, 0.2) is 47.6 Å². The van der Waals surface area contributed by atoms with Gasteiger partial charge in [-0.1, -0.05) is 35.3 Å². The highest BCUT2D eigenvalue weighted by atomic mass is 35.5. The second-order valence-electron chi connectivity index (χ2n) is 8.38. The molecule has 0 atom stereocenters. The van der Waals surface area contributed by atoms with Gasteiger partial charge in [0.1, 0.15) is 5.75 Å². The third-order valence-electron chi connectivity index (χ3n) is 5.07. The lowest BCUT2D eigenvalue weighted by molar-refractivity contribution is -0.123.